The molecule has 4 aliphatic heterocycles. The average Bonchev–Trinajstić information content (AvgIpc) is 3.10. The molecule has 0 spiro atoms. The summed E-state index contributed by atoms with van der Waals surface area (Å²) in [5.74, 6) is 1.98. The Balaban J connectivity index is 1.60. The zero-order chi connectivity index (χ0) is 13.8. The molecule has 1 aliphatic carbocycles. The molecule has 5 nitrogen and oxygen atoms in total. The Morgan fingerprint density at radius 2 is 2.10 bits per heavy atom. The lowest BCUT2D eigenvalue weighted by Crippen LogP contribution is -2.54. The third-order valence-electron chi connectivity index (χ3n) is 6.03. The maximum absolute atomic E-state index is 12.1. The molecule has 0 aromatic heterocycles. The van der Waals surface area contributed by atoms with Crippen molar-refractivity contribution in [1.29, 1.82) is 0 Å². The molecular weight excluding hydrogens is 270 g/mol. The van der Waals surface area contributed by atoms with Gasteiger partial charge in [-0.1, -0.05) is 0 Å². The SMILES string of the molecule is O=C1CC2N3CCC2(c2cc4c(cc2C3)OCO4)C2OC12. The van der Waals surface area contributed by atoms with E-state index < -0.39 is 0 Å². The van der Waals surface area contributed by atoms with Gasteiger partial charge in [-0.2, -0.15) is 0 Å². The first-order valence-corrected chi connectivity index (χ1v) is 7.62. The second-order valence-electron chi connectivity index (χ2n) is 6.79. The number of Topliss-reactive ketones (excluding diaryl/α,β-unsaturated/α-hetero) is 1. The summed E-state index contributed by atoms with van der Waals surface area (Å²) < 4.78 is 16.9. The van der Waals surface area contributed by atoms with Crippen LogP contribution in [0.4, 0.5) is 0 Å². The molecule has 2 saturated heterocycles. The van der Waals surface area contributed by atoms with E-state index >= 15 is 0 Å². The molecule has 0 radical (unpaired) electrons. The molecule has 1 aromatic carbocycles. The van der Waals surface area contributed by atoms with Gasteiger partial charge in [0.1, 0.15) is 12.2 Å². The van der Waals surface area contributed by atoms with Gasteiger partial charge in [0.15, 0.2) is 17.3 Å². The molecule has 4 heterocycles. The van der Waals surface area contributed by atoms with E-state index in [4.69, 9.17) is 14.2 Å². The van der Waals surface area contributed by atoms with Crippen molar-refractivity contribution >= 4 is 5.78 Å². The van der Waals surface area contributed by atoms with Crippen LogP contribution in [0.5, 0.6) is 11.5 Å². The quantitative estimate of drug-likeness (QED) is 0.665. The van der Waals surface area contributed by atoms with Crippen LogP contribution in [0, 0.1) is 0 Å². The van der Waals surface area contributed by atoms with E-state index in [2.05, 4.69) is 17.0 Å². The lowest BCUT2D eigenvalue weighted by Gasteiger charge is -2.44. The predicted octanol–water partition coefficient (Wildman–Crippen LogP) is 0.981. The molecule has 1 aromatic rings. The molecule has 6 rings (SSSR count). The van der Waals surface area contributed by atoms with E-state index in [-0.39, 0.29) is 23.4 Å². The van der Waals surface area contributed by atoms with E-state index in [1.807, 2.05) is 0 Å². The Morgan fingerprint density at radius 3 is 3.00 bits per heavy atom. The van der Waals surface area contributed by atoms with Gasteiger partial charge in [0.05, 0.1) is 0 Å². The maximum atomic E-state index is 12.1. The minimum Gasteiger partial charge on any atom is -0.454 e. The van der Waals surface area contributed by atoms with Crippen LogP contribution in [0.2, 0.25) is 0 Å². The van der Waals surface area contributed by atoms with Crippen molar-refractivity contribution in [3.8, 4) is 11.5 Å². The molecule has 21 heavy (non-hydrogen) atoms. The second kappa shape index (κ2) is 3.25. The molecule has 108 valence electrons. The highest BCUT2D eigenvalue weighted by molar-refractivity contribution is 5.89. The highest BCUT2D eigenvalue weighted by Gasteiger charge is 2.70. The number of hydrogen-bond donors (Lipinski definition) is 0. The van der Waals surface area contributed by atoms with Crippen molar-refractivity contribution in [2.24, 2.45) is 0 Å². The first-order chi connectivity index (χ1) is 10.3. The fourth-order valence-corrected chi connectivity index (χ4v) is 5.10. The van der Waals surface area contributed by atoms with Crippen LogP contribution in [-0.2, 0) is 21.5 Å². The van der Waals surface area contributed by atoms with Gasteiger partial charge in [-0.15, -0.1) is 0 Å². The number of carbonyl (C=O) groups excluding carboxylic acids is 1. The number of ether oxygens (including phenoxy) is 3. The molecule has 3 fully saturated rings. The van der Waals surface area contributed by atoms with Gasteiger partial charge in [0, 0.05) is 24.4 Å². The van der Waals surface area contributed by atoms with Crippen LogP contribution in [0.15, 0.2) is 12.1 Å². The van der Waals surface area contributed by atoms with Crippen molar-refractivity contribution in [2.45, 2.75) is 43.1 Å². The molecule has 1 saturated carbocycles. The molecule has 5 aliphatic rings. The summed E-state index contributed by atoms with van der Waals surface area (Å²) in [5.41, 5.74) is 2.65. The van der Waals surface area contributed by atoms with Crippen LogP contribution in [0.1, 0.15) is 24.0 Å². The topological polar surface area (TPSA) is 51.3 Å². The molecular formula is C16H15NO4. The van der Waals surface area contributed by atoms with Gasteiger partial charge in [-0.05, 0) is 36.2 Å². The predicted molar refractivity (Wildman–Crippen MR) is 71.3 cm³/mol. The van der Waals surface area contributed by atoms with Crippen LogP contribution in [-0.4, -0.2) is 42.3 Å². The summed E-state index contributed by atoms with van der Waals surface area (Å²) in [4.78, 5) is 14.6. The van der Waals surface area contributed by atoms with Crippen LogP contribution >= 0.6 is 0 Å². The summed E-state index contributed by atoms with van der Waals surface area (Å²) in [6.45, 7) is 2.26. The number of benzene rings is 1. The number of hydrogen-bond acceptors (Lipinski definition) is 5. The fourth-order valence-electron chi connectivity index (χ4n) is 5.10. The maximum Gasteiger partial charge on any atom is 0.231 e. The number of nitrogens with zero attached hydrogens (tertiary/aromatic N) is 1. The largest absolute Gasteiger partial charge is 0.454 e. The highest BCUT2D eigenvalue weighted by Crippen LogP contribution is 2.60. The van der Waals surface area contributed by atoms with Gasteiger partial charge in [-0.25, -0.2) is 0 Å². The summed E-state index contributed by atoms with van der Waals surface area (Å²) in [6, 6.07) is 4.59. The monoisotopic (exact) mass is 285 g/mol. The van der Waals surface area contributed by atoms with Crippen molar-refractivity contribution < 1.29 is 19.0 Å². The van der Waals surface area contributed by atoms with Crippen molar-refractivity contribution in [2.75, 3.05) is 13.3 Å². The van der Waals surface area contributed by atoms with E-state index in [0.29, 0.717) is 19.3 Å². The first kappa shape index (κ1) is 11.0. The third kappa shape index (κ3) is 1.12. The number of rotatable bonds is 0. The molecule has 5 unspecified atom stereocenters. The Hall–Kier alpha value is -1.59. The van der Waals surface area contributed by atoms with Gasteiger partial charge in [0.2, 0.25) is 6.79 Å². The van der Waals surface area contributed by atoms with Crippen LogP contribution < -0.4 is 9.47 Å². The number of fused-ring (bicyclic) bond motifs is 3. The molecule has 0 N–H and O–H groups in total. The fraction of sp³-hybridized carbons (Fsp3) is 0.562. The number of carbonyl (C=O) groups is 1. The Bertz CT molecular complexity index is 702. The average molecular weight is 285 g/mol. The van der Waals surface area contributed by atoms with Gasteiger partial charge in [0.25, 0.3) is 0 Å². The third-order valence-corrected chi connectivity index (χ3v) is 6.03. The van der Waals surface area contributed by atoms with E-state index in [0.717, 1.165) is 31.0 Å². The number of ketones is 1. The first-order valence-electron chi connectivity index (χ1n) is 7.62. The van der Waals surface area contributed by atoms with Gasteiger partial charge < -0.3 is 14.2 Å². The van der Waals surface area contributed by atoms with Gasteiger partial charge in [-0.3, -0.25) is 9.69 Å². The van der Waals surface area contributed by atoms with Crippen molar-refractivity contribution in [1.82, 2.24) is 4.90 Å². The lowest BCUT2D eigenvalue weighted by atomic mass is 9.63. The zero-order valence-corrected chi connectivity index (χ0v) is 11.5. The van der Waals surface area contributed by atoms with E-state index in [1.54, 1.807) is 0 Å². The smallest absolute Gasteiger partial charge is 0.231 e. The highest BCUT2D eigenvalue weighted by atomic mass is 16.7. The summed E-state index contributed by atoms with van der Waals surface area (Å²) in [6.07, 6.45) is 1.64. The van der Waals surface area contributed by atoms with Gasteiger partial charge >= 0.3 is 0 Å². The van der Waals surface area contributed by atoms with E-state index in [1.165, 1.54) is 11.1 Å². The standard InChI is InChI=1S/C16H15NO4/c18-10-5-13-16(15-14(10)21-15)1-2-17(13)6-8-3-11-12(4-9(8)16)20-7-19-11/h3-4,13-15H,1-2,5-7H2. The summed E-state index contributed by atoms with van der Waals surface area (Å²) in [5, 5.41) is 0. The minimum absolute atomic E-state index is 0.00681. The number of epoxide rings is 1. The Morgan fingerprint density at radius 1 is 1.24 bits per heavy atom. The van der Waals surface area contributed by atoms with Crippen LogP contribution in [0.3, 0.4) is 0 Å². The van der Waals surface area contributed by atoms with E-state index in [9.17, 15) is 4.79 Å². The Labute approximate surface area is 121 Å². The molecule has 5 atom stereocenters. The van der Waals surface area contributed by atoms with Crippen molar-refractivity contribution in [3.63, 3.8) is 0 Å². The molecule has 0 amide bonds. The normalized spacial score (nSPS) is 44.1. The van der Waals surface area contributed by atoms with Crippen molar-refractivity contribution in [3.05, 3.63) is 23.3 Å². The lowest BCUT2D eigenvalue weighted by molar-refractivity contribution is -0.122. The Kier molecular flexibility index (Phi) is 1.71. The second-order valence-corrected chi connectivity index (χ2v) is 6.79. The minimum atomic E-state index is -0.155. The zero-order valence-electron chi connectivity index (χ0n) is 11.5. The van der Waals surface area contributed by atoms with Crippen LogP contribution in [0.25, 0.3) is 0 Å². The molecule has 2 bridgehead atoms. The summed E-state index contributed by atoms with van der Waals surface area (Å²) >= 11 is 0. The summed E-state index contributed by atoms with van der Waals surface area (Å²) in [7, 11) is 0. The molecule has 5 heteroatoms.